The molecule has 0 amide bonds. The highest BCUT2D eigenvalue weighted by atomic mass is 79.9. The van der Waals surface area contributed by atoms with E-state index in [0.29, 0.717) is 5.33 Å². The van der Waals surface area contributed by atoms with E-state index in [0.717, 1.165) is 0 Å². The van der Waals surface area contributed by atoms with E-state index in [1.807, 2.05) is 13.8 Å². The fraction of sp³-hybridized carbons (Fsp3) is 0.667. The van der Waals surface area contributed by atoms with Gasteiger partial charge in [0, 0.05) is 17.0 Å². The van der Waals surface area contributed by atoms with Gasteiger partial charge < -0.3 is 10.2 Å². The summed E-state index contributed by atoms with van der Waals surface area (Å²) in [6, 6.07) is 0. The lowest BCUT2D eigenvalue weighted by atomic mass is 9.66. The molecule has 1 heterocycles. The van der Waals surface area contributed by atoms with Crippen LogP contribution in [0.3, 0.4) is 0 Å². The van der Waals surface area contributed by atoms with Gasteiger partial charge in [-0.2, -0.15) is 0 Å². The minimum Gasteiger partial charge on any atom is -0.510 e. The smallest absolute Gasteiger partial charge is 0.120 e. The zero-order valence-corrected chi connectivity index (χ0v) is 9.37. The van der Waals surface area contributed by atoms with Gasteiger partial charge in [-0.25, -0.2) is 0 Å². The number of halogens is 1. The van der Waals surface area contributed by atoms with Crippen molar-refractivity contribution in [2.24, 2.45) is 15.8 Å². The first-order valence-corrected chi connectivity index (χ1v) is 5.23. The standard InChI is InChI=1S/C9H14BrNO2/c1-8(4-10)5-11-3-7(13)9(8,2)6-12/h3,5,12-13H,4,6H2,1-2H3. The summed E-state index contributed by atoms with van der Waals surface area (Å²) in [5, 5.41) is 19.6. The van der Waals surface area contributed by atoms with Gasteiger partial charge >= 0.3 is 0 Å². The van der Waals surface area contributed by atoms with Crippen molar-refractivity contribution in [1.29, 1.82) is 0 Å². The maximum absolute atomic E-state index is 9.66. The summed E-state index contributed by atoms with van der Waals surface area (Å²) in [4.78, 5) is 3.95. The van der Waals surface area contributed by atoms with Crippen molar-refractivity contribution in [2.45, 2.75) is 13.8 Å². The summed E-state index contributed by atoms with van der Waals surface area (Å²) in [7, 11) is 0. The largest absolute Gasteiger partial charge is 0.510 e. The van der Waals surface area contributed by atoms with Crippen LogP contribution in [0.2, 0.25) is 0 Å². The first-order chi connectivity index (χ1) is 6.00. The highest BCUT2D eigenvalue weighted by molar-refractivity contribution is 9.09. The molecule has 13 heavy (non-hydrogen) atoms. The van der Waals surface area contributed by atoms with Crippen molar-refractivity contribution in [3.63, 3.8) is 0 Å². The van der Waals surface area contributed by atoms with E-state index < -0.39 is 5.41 Å². The Hall–Kier alpha value is -0.350. The van der Waals surface area contributed by atoms with Crippen LogP contribution in [0.15, 0.2) is 17.0 Å². The minimum absolute atomic E-state index is 0.0938. The number of aliphatic hydroxyl groups excluding tert-OH is 2. The topological polar surface area (TPSA) is 52.8 Å². The second-order valence-corrected chi connectivity index (χ2v) is 4.39. The molecule has 0 aromatic carbocycles. The van der Waals surface area contributed by atoms with Crippen LogP contribution in [0, 0.1) is 10.8 Å². The third kappa shape index (κ3) is 1.42. The van der Waals surface area contributed by atoms with Crippen LogP contribution in [-0.2, 0) is 0 Å². The molecule has 2 N–H and O–H groups in total. The first-order valence-electron chi connectivity index (χ1n) is 4.11. The van der Waals surface area contributed by atoms with Crippen molar-refractivity contribution in [1.82, 2.24) is 0 Å². The van der Waals surface area contributed by atoms with Crippen LogP contribution in [-0.4, -0.2) is 28.4 Å². The highest BCUT2D eigenvalue weighted by Crippen LogP contribution is 2.45. The molecule has 1 aliphatic rings. The number of alkyl halides is 1. The summed E-state index contributed by atoms with van der Waals surface area (Å²) >= 11 is 3.37. The lowest BCUT2D eigenvalue weighted by Gasteiger charge is -2.42. The molecular weight excluding hydrogens is 234 g/mol. The monoisotopic (exact) mass is 247 g/mol. The molecule has 74 valence electrons. The van der Waals surface area contributed by atoms with Gasteiger partial charge in [0.25, 0.3) is 0 Å². The average Bonchev–Trinajstić information content (AvgIpc) is 2.14. The van der Waals surface area contributed by atoms with Crippen LogP contribution in [0.1, 0.15) is 13.8 Å². The van der Waals surface area contributed by atoms with E-state index in [-0.39, 0.29) is 17.8 Å². The average molecular weight is 248 g/mol. The Morgan fingerprint density at radius 2 is 2.15 bits per heavy atom. The summed E-state index contributed by atoms with van der Waals surface area (Å²) in [6.07, 6.45) is 3.15. The predicted molar refractivity (Wildman–Crippen MR) is 56.3 cm³/mol. The molecular formula is C9H14BrNO2. The second kappa shape index (κ2) is 3.42. The van der Waals surface area contributed by atoms with Crippen molar-refractivity contribution in [3.05, 3.63) is 12.0 Å². The van der Waals surface area contributed by atoms with Crippen LogP contribution in [0.4, 0.5) is 0 Å². The van der Waals surface area contributed by atoms with Crippen LogP contribution >= 0.6 is 15.9 Å². The molecule has 3 nitrogen and oxygen atoms in total. The summed E-state index contributed by atoms with van der Waals surface area (Å²) < 4.78 is 0. The molecule has 0 radical (unpaired) electrons. The van der Waals surface area contributed by atoms with Crippen molar-refractivity contribution in [3.8, 4) is 0 Å². The molecule has 0 aromatic rings. The number of nitrogens with zero attached hydrogens (tertiary/aromatic N) is 1. The van der Waals surface area contributed by atoms with Crippen LogP contribution in [0.25, 0.3) is 0 Å². The molecule has 2 atom stereocenters. The number of hydrogen-bond acceptors (Lipinski definition) is 3. The zero-order valence-electron chi connectivity index (χ0n) is 7.79. The lowest BCUT2D eigenvalue weighted by Crippen LogP contribution is -2.46. The van der Waals surface area contributed by atoms with Crippen molar-refractivity contribution < 1.29 is 10.2 Å². The fourth-order valence-electron chi connectivity index (χ4n) is 1.29. The Labute approximate surface area is 86.3 Å². The molecule has 0 fully saturated rings. The normalized spacial score (nSPS) is 38.9. The van der Waals surface area contributed by atoms with Gasteiger partial charge in [0.15, 0.2) is 0 Å². The minimum atomic E-state index is -0.641. The van der Waals surface area contributed by atoms with Gasteiger partial charge in [0.05, 0.1) is 18.2 Å². The molecule has 0 saturated heterocycles. The van der Waals surface area contributed by atoms with Gasteiger partial charge in [-0.15, -0.1) is 0 Å². The van der Waals surface area contributed by atoms with Crippen molar-refractivity contribution >= 4 is 22.1 Å². The third-order valence-corrected chi connectivity index (χ3v) is 4.14. The van der Waals surface area contributed by atoms with E-state index in [2.05, 4.69) is 20.9 Å². The van der Waals surface area contributed by atoms with Gasteiger partial charge in [-0.1, -0.05) is 22.9 Å². The Morgan fingerprint density at radius 1 is 1.54 bits per heavy atom. The summed E-state index contributed by atoms with van der Waals surface area (Å²) in [5.41, 5.74) is -0.987. The van der Waals surface area contributed by atoms with Crippen molar-refractivity contribution in [2.75, 3.05) is 11.9 Å². The molecule has 0 saturated carbocycles. The number of aliphatic imine (C=N–C) groups is 1. The number of hydrogen-bond donors (Lipinski definition) is 2. The summed E-state index contributed by atoms with van der Waals surface area (Å²) in [5.74, 6) is 0.138. The van der Waals surface area contributed by atoms with Gasteiger partial charge in [0.2, 0.25) is 0 Å². The van der Waals surface area contributed by atoms with E-state index in [1.54, 1.807) is 6.21 Å². The zero-order chi connectivity index (χ0) is 10.1. The number of aliphatic hydroxyl groups is 2. The van der Waals surface area contributed by atoms with Gasteiger partial charge in [-0.05, 0) is 6.92 Å². The fourth-order valence-corrected chi connectivity index (χ4v) is 2.06. The molecule has 0 aliphatic carbocycles. The van der Waals surface area contributed by atoms with E-state index >= 15 is 0 Å². The maximum atomic E-state index is 9.66. The lowest BCUT2D eigenvalue weighted by molar-refractivity contribution is 0.0590. The number of rotatable bonds is 2. The third-order valence-electron chi connectivity index (χ3n) is 2.98. The van der Waals surface area contributed by atoms with E-state index in [1.165, 1.54) is 6.20 Å². The summed E-state index contributed by atoms with van der Waals surface area (Å²) in [6.45, 7) is 3.68. The van der Waals surface area contributed by atoms with Crippen LogP contribution < -0.4 is 0 Å². The molecule has 0 bridgehead atoms. The molecule has 1 aliphatic heterocycles. The second-order valence-electron chi connectivity index (χ2n) is 3.83. The predicted octanol–water partition coefficient (Wildman–Crippen LogP) is 1.87. The Balaban J connectivity index is 3.13. The maximum Gasteiger partial charge on any atom is 0.120 e. The first kappa shape index (κ1) is 10.7. The SMILES string of the molecule is CC1(CBr)C=NC=C(O)C1(C)CO. The van der Waals surface area contributed by atoms with E-state index in [4.69, 9.17) is 0 Å². The highest BCUT2D eigenvalue weighted by Gasteiger charge is 2.47. The molecule has 0 spiro atoms. The molecule has 0 aromatic heterocycles. The van der Waals surface area contributed by atoms with Crippen LogP contribution in [0.5, 0.6) is 0 Å². The molecule has 1 rings (SSSR count). The Kier molecular flexibility index (Phi) is 2.82. The van der Waals surface area contributed by atoms with E-state index in [9.17, 15) is 10.2 Å². The Morgan fingerprint density at radius 3 is 2.54 bits per heavy atom. The molecule has 2 unspecified atom stereocenters. The van der Waals surface area contributed by atoms with Gasteiger partial charge in [-0.3, -0.25) is 4.99 Å². The molecule has 4 heteroatoms. The van der Waals surface area contributed by atoms with Gasteiger partial charge in [0.1, 0.15) is 5.76 Å². The Bertz CT molecular complexity index is 264. The quantitative estimate of drug-likeness (QED) is 0.733.